The lowest BCUT2D eigenvalue weighted by Crippen LogP contribution is -2.19. The molecule has 0 saturated heterocycles. The zero-order valence-electron chi connectivity index (χ0n) is 11.9. The van der Waals surface area contributed by atoms with Crippen molar-refractivity contribution in [2.45, 2.75) is 37.4 Å². The summed E-state index contributed by atoms with van der Waals surface area (Å²) in [5.41, 5.74) is 1.17. The minimum atomic E-state index is 0.626. The first-order valence-electron chi connectivity index (χ1n) is 6.60. The minimum Gasteiger partial charge on any atom is -0.312 e. The van der Waals surface area contributed by atoms with Crippen molar-refractivity contribution in [3.05, 3.63) is 34.6 Å². The number of hydrogen-bond donors (Lipinski definition) is 2. The van der Waals surface area contributed by atoms with Crippen LogP contribution in [0.15, 0.2) is 28.3 Å². The highest BCUT2D eigenvalue weighted by atomic mass is 35.5. The van der Waals surface area contributed by atoms with Gasteiger partial charge in [-0.1, -0.05) is 25.4 Å². The van der Waals surface area contributed by atoms with Crippen LogP contribution in [0.3, 0.4) is 0 Å². The number of nitrogens with zero attached hydrogens (tertiary/aromatic N) is 2. The maximum atomic E-state index is 6.09. The molecule has 0 aliphatic carbocycles. The molecule has 0 spiro atoms. The summed E-state index contributed by atoms with van der Waals surface area (Å²) in [6.45, 7) is 8.05. The third-order valence-corrected chi connectivity index (χ3v) is 3.89. The van der Waals surface area contributed by atoms with Crippen LogP contribution in [0.5, 0.6) is 0 Å². The highest BCUT2D eigenvalue weighted by Crippen LogP contribution is 2.29. The van der Waals surface area contributed by atoms with E-state index in [0.717, 1.165) is 34.0 Å². The summed E-state index contributed by atoms with van der Waals surface area (Å²) in [6.07, 6.45) is 0. The third kappa shape index (κ3) is 4.51. The molecule has 6 heteroatoms. The van der Waals surface area contributed by atoms with E-state index < -0.39 is 0 Å². The van der Waals surface area contributed by atoms with Gasteiger partial charge in [0, 0.05) is 16.5 Å². The Labute approximate surface area is 128 Å². The van der Waals surface area contributed by atoms with Gasteiger partial charge >= 0.3 is 0 Å². The van der Waals surface area contributed by atoms with Gasteiger partial charge in [-0.25, -0.2) is 4.98 Å². The number of rotatable bonds is 6. The molecule has 0 radical (unpaired) electrons. The molecule has 1 heterocycles. The molecule has 0 atom stereocenters. The largest absolute Gasteiger partial charge is 0.312 e. The average Bonchev–Trinajstić information content (AvgIpc) is 2.78. The third-order valence-electron chi connectivity index (χ3n) is 2.67. The molecule has 0 amide bonds. The summed E-state index contributed by atoms with van der Waals surface area (Å²) in [5, 5.41) is 11.9. The molecule has 0 saturated carbocycles. The molecule has 0 bridgehead atoms. The Balaban J connectivity index is 2.10. The fraction of sp³-hybridized carbons (Fsp3) is 0.429. The van der Waals surface area contributed by atoms with Crippen LogP contribution in [-0.4, -0.2) is 21.7 Å². The van der Waals surface area contributed by atoms with Gasteiger partial charge in [0.2, 0.25) is 5.16 Å². The first-order valence-corrected chi connectivity index (χ1v) is 7.80. The highest BCUT2D eigenvalue weighted by molar-refractivity contribution is 7.99. The zero-order valence-corrected chi connectivity index (χ0v) is 13.5. The fourth-order valence-corrected chi connectivity index (χ4v) is 2.81. The van der Waals surface area contributed by atoms with E-state index in [0.29, 0.717) is 5.92 Å². The predicted octanol–water partition coefficient (Wildman–Crippen LogP) is 3.66. The lowest BCUT2D eigenvalue weighted by atomic mass is 10.2. The van der Waals surface area contributed by atoms with Gasteiger partial charge in [0.1, 0.15) is 5.82 Å². The van der Waals surface area contributed by atoms with E-state index in [9.17, 15) is 0 Å². The van der Waals surface area contributed by atoms with Gasteiger partial charge in [0.15, 0.2) is 0 Å². The molecule has 1 aromatic carbocycles. The number of aryl methyl sites for hydroxylation is 1. The Morgan fingerprint density at radius 1 is 1.40 bits per heavy atom. The van der Waals surface area contributed by atoms with E-state index in [4.69, 9.17) is 11.6 Å². The molecule has 4 nitrogen and oxygen atoms in total. The standard InChI is InChI=1S/C14H19ClN4S/c1-9(2)7-16-8-11-6-12(15)4-5-13(11)20-14-17-10(3)18-19-14/h4-6,9,16H,7-8H2,1-3H3,(H,17,18,19). The fourth-order valence-electron chi connectivity index (χ4n) is 1.75. The quantitative estimate of drug-likeness (QED) is 0.855. The average molecular weight is 311 g/mol. The first kappa shape index (κ1) is 15.4. The number of hydrogen-bond acceptors (Lipinski definition) is 4. The van der Waals surface area contributed by atoms with Crippen LogP contribution in [0, 0.1) is 12.8 Å². The van der Waals surface area contributed by atoms with Crippen LogP contribution in [-0.2, 0) is 6.54 Å². The Bertz CT molecular complexity index is 568. The second-order valence-corrected chi connectivity index (χ2v) is 6.53. The molecule has 0 unspecified atom stereocenters. The molecule has 2 N–H and O–H groups in total. The lowest BCUT2D eigenvalue weighted by Gasteiger charge is -2.11. The predicted molar refractivity (Wildman–Crippen MR) is 83.2 cm³/mol. The summed E-state index contributed by atoms with van der Waals surface area (Å²) < 4.78 is 0. The van der Waals surface area contributed by atoms with Crippen molar-refractivity contribution in [2.24, 2.45) is 5.92 Å². The van der Waals surface area contributed by atoms with Crippen LogP contribution in [0.25, 0.3) is 0 Å². The van der Waals surface area contributed by atoms with Crippen molar-refractivity contribution < 1.29 is 0 Å². The topological polar surface area (TPSA) is 53.6 Å². The van der Waals surface area contributed by atoms with Crippen LogP contribution >= 0.6 is 23.4 Å². The van der Waals surface area contributed by atoms with E-state index in [-0.39, 0.29) is 0 Å². The highest BCUT2D eigenvalue weighted by Gasteiger charge is 2.09. The van der Waals surface area contributed by atoms with Gasteiger partial charge in [-0.2, -0.15) is 0 Å². The normalized spacial score (nSPS) is 11.2. The molecule has 0 fully saturated rings. The van der Waals surface area contributed by atoms with E-state index in [1.807, 2.05) is 25.1 Å². The monoisotopic (exact) mass is 310 g/mol. The summed E-state index contributed by atoms with van der Waals surface area (Å²) in [7, 11) is 0. The number of benzene rings is 1. The van der Waals surface area contributed by atoms with Crippen LogP contribution < -0.4 is 5.32 Å². The molecule has 2 aromatic rings. The number of halogens is 1. The van der Waals surface area contributed by atoms with Crippen molar-refractivity contribution in [3.63, 3.8) is 0 Å². The molecule has 0 aliphatic heterocycles. The van der Waals surface area contributed by atoms with Gasteiger partial charge in [-0.05, 0) is 54.9 Å². The smallest absolute Gasteiger partial charge is 0.213 e. The molecular weight excluding hydrogens is 292 g/mol. The van der Waals surface area contributed by atoms with E-state index in [1.54, 1.807) is 11.8 Å². The maximum Gasteiger partial charge on any atom is 0.213 e. The van der Waals surface area contributed by atoms with Gasteiger partial charge in [0.25, 0.3) is 0 Å². The molecule has 108 valence electrons. The summed E-state index contributed by atoms with van der Waals surface area (Å²) >= 11 is 7.64. The van der Waals surface area contributed by atoms with Gasteiger partial charge in [0.05, 0.1) is 0 Å². The molecule has 1 aromatic heterocycles. The Hall–Kier alpha value is -1.04. The summed E-state index contributed by atoms with van der Waals surface area (Å²) in [4.78, 5) is 5.45. The lowest BCUT2D eigenvalue weighted by molar-refractivity contribution is 0.550. The van der Waals surface area contributed by atoms with Crippen LogP contribution in [0.1, 0.15) is 25.2 Å². The summed E-state index contributed by atoms with van der Waals surface area (Å²) in [5.74, 6) is 1.45. The number of nitrogens with one attached hydrogen (secondary N) is 2. The van der Waals surface area contributed by atoms with Crippen molar-refractivity contribution >= 4 is 23.4 Å². The number of aromatic amines is 1. The SMILES string of the molecule is Cc1nc(Sc2ccc(Cl)cc2CNCC(C)C)n[nH]1. The van der Waals surface area contributed by atoms with Crippen molar-refractivity contribution in [3.8, 4) is 0 Å². The van der Waals surface area contributed by atoms with E-state index >= 15 is 0 Å². The number of aromatic nitrogens is 3. The second-order valence-electron chi connectivity index (χ2n) is 5.08. The molecule has 20 heavy (non-hydrogen) atoms. The second kappa shape index (κ2) is 7.11. The minimum absolute atomic E-state index is 0.626. The Morgan fingerprint density at radius 3 is 2.85 bits per heavy atom. The summed E-state index contributed by atoms with van der Waals surface area (Å²) in [6, 6.07) is 5.91. The zero-order chi connectivity index (χ0) is 14.5. The van der Waals surface area contributed by atoms with Crippen LogP contribution in [0.2, 0.25) is 5.02 Å². The van der Waals surface area contributed by atoms with Crippen LogP contribution in [0.4, 0.5) is 0 Å². The first-order chi connectivity index (χ1) is 9.54. The van der Waals surface area contributed by atoms with Gasteiger partial charge in [-0.15, -0.1) is 5.10 Å². The van der Waals surface area contributed by atoms with Crippen molar-refractivity contribution in [1.82, 2.24) is 20.5 Å². The van der Waals surface area contributed by atoms with Crippen molar-refractivity contribution in [2.75, 3.05) is 6.54 Å². The Kier molecular flexibility index (Phi) is 5.46. The van der Waals surface area contributed by atoms with Crippen molar-refractivity contribution in [1.29, 1.82) is 0 Å². The maximum absolute atomic E-state index is 6.09. The van der Waals surface area contributed by atoms with E-state index in [1.165, 1.54) is 5.56 Å². The number of H-pyrrole nitrogens is 1. The molecule has 0 aliphatic rings. The van der Waals surface area contributed by atoms with Gasteiger partial charge in [-0.3, -0.25) is 5.10 Å². The molecular formula is C14H19ClN4S. The Morgan fingerprint density at radius 2 is 2.20 bits per heavy atom. The molecule has 2 rings (SSSR count). The van der Waals surface area contributed by atoms with Gasteiger partial charge < -0.3 is 5.32 Å². The van der Waals surface area contributed by atoms with E-state index in [2.05, 4.69) is 34.3 Å².